The number of imidazole rings is 1. The number of halogens is 5. The van der Waals surface area contributed by atoms with Crippen molar-refractivity contribution in [2.45, 2.75) is 32.5 Å². The standard InChI is InChI=1S/C23H27ClF4N6O2/c1-2-3-8-36-22-31-20(29-4-5-33-6-9-35-10-7-33)19-21(32-22)34(14-30-19)13-15-11-16(23(26,27)28)12-17(24)18(15)25/h11-12,14H,2-10,13H2,1H3,(H,29,31,32). The number of ether oxygens (including phenoxy) is 2. The maximum Gasteiger partial charge on any atom is 0.416 e. The average molecular weight is 531 g/mol. The molecular weight excluding hydrogens is 504 g/mol. The quantitative estimate of drug-likeness (QED) is 0.303. The fraction of sp³-hybridized carbons (Fsp3) is 0.522. The van der Waals surface area contributed by atoms with Gasteiger partial charge in [-0.2, -0.15) is 23.1 Å². The van der Waals surface area contributed by atoms with Crippen molar-refractivity contribution in [2.24, 2.45) is 0 Å². The van der Waals surface area contributed by atoms with E-state index < -0.39 is 22.6 Å². The Morgan fingerprint density at radius 2 is 1.97 bits per heavy atom. The van der Waals surface area contributed by atoms with Gasteiger partial charge in [0.2, 0.25) is 0 Å². The van der Waals surface area contributed by atoms with Crippen LogP contribution in [-0.2, 0) is 17.5 Å². The molecule has 196 valence electrons. The number of alkyl halides is 3. The minimum atomic E-state index is -4.66. The largest absolute Gasteiger partial charge is 0.463 e. The molecule has 0 aliphatic carbocycles. The monoisotopic (exact) mass is 530 g/mol. The summed E-state index contributed by atoms with van der Waals surface area (Å²) in [5.74, 6) is -0.495. The van der Waals surface area contributed by atoms with E-state index in [9.17, 15) is 17.6 Å². The van der Waals surface area contributed by atoms with Crippen molar-refractivity contribution in [1.29, 1.82) is 0 Å². The molecule has 0 unspecified atom stereocenters. The molecular formula is C23H27ClF4N6O2. The second-order valence-electron chi connectivity index (χ2n) is 8.41. The highest BCUT2D eigenvalue weighted by atomic mass is 35.5. The fourth-order valence-corrected chi connectivity index (χ4v) is 4.04. The Morgan fingerprint density at radius 3 is 2.69 bits per heavy atom. The summed E-state index contributed by atoms with van der Waals surface area (Å²) in [6.45, 7) is 6.56. The zero-order chi connectivity index (χ0) is 25.7. The third kappa shape index (κ3) is 6.34. The van der Waals surface area contributed by atoms with Crippen LogP contribution in [0.5, 0.6) is 6.01 Å². The minimum absolute atomic E-state index is 0.106. The lowest BCUT2D eigenvalue weighted by molar-refractivity contribution is -0.137. The summed E-state index contributed by atoms with van der Waals surface area (Å²) in [5.41, 5.74) is -0.559. The molecule has 0 amide bonds. The van der Waals surface area contributed by atoms with Crippen LogP contribution in [0.15, 0.2) is 18.5 Å². The summed E-state index contributed by atoms with van der Waals surface area (Å²) in [4.78, 5) is 15.5. The van der Waals surface area contributed by atoms with Crippen molar-refractivity contribution >= 4 is 28.6 Å². The van der Waals surface area contributed by atoms with Gasteiger partial charge < -0.3 is 19.4 Å². The molecule has 0 atom stereocenters. The van der Waals surface area contributed by atoms with Crippen LogP contribution >= 0.6 is 11.6 Å². The van der Waals surface area contributed by atoms with E-state index >= 15 is 0 Å². The Morgan fingerprint density at radius 1 is 1.19 bits per heavy atom. The first kappa shape index (κ1) is 26.4. The maximum atomic E-state index is 14.7. The van der Waals surface area contributed by atoms with Crippen molar-refractivity contribution < 1.29 is 27.0 Å². The van der Waals surface area contributed by atoms with Crippen molar-refractivity contribution in [1.82, 2.24) is 24.4 Å². The number of unbranched alkanes of at least 4 members (excludes halogenated alkanes) is 1. The van der Waals surface area contributed by atoms with Gasteiger partial charge in [0.15, 0.2) is 17.0 Å². The minimum Gasteiger partial charge on any atom is -0.463 e. The van der Waals surface area contributed by atoms with Crippen LogP contribution in [0.2, 0.25) is 5.02 Å². The SMILES string of the molecule is CCCCOc1nc(NCCN2CCOCC2)c2ncn(Cc3cc(C(F)(F)F)cc(Cl)c3F)c2n1. The van der Waals surface area contributed by atoms with Crippen LogP contribution in [0.25, 0.3) is 11.2 Å². The van der Waals surface area contributed by atoms with E-state index in [2.05, 4.69) is 25.2 Å². The molecule has 2 aromatic heterocycles. The number of hydrogen-bond donors (Lipinski definition) is 1. The molecule has 3 aromatic rings. The molecule has 1 N–H and O–H groups in total. The van der Waals surface area contributed by atoms with Crippen LogP contribution in [0.1, 0.15) is 30.9 Å². The Labute approximate surface area is 210 Å². The highest BCUT2D eigenvalue weighted by Crippen LogP contribution is 2.34. The molecule has 1 aliphatic heterocycles. The zero-order valence-electron chi connectivity index (χ0n) is 19.7. The fourth-order valence-electron chi connectivity index (χ4n) is 3.80. The molecule has 0 spiro atoms. The van der Waals surface area contributed by atoms with Crippen LogP contribution in [0.3, 0.4) is 0 Å². The van der Waals surface area contributed by atoms with Gasteiger partial charge in [-0.3, -0.25) is 4.90 Å². The Hall–Kier alpha value is -2.70. The van der Waals surface area contributed by atoms with Crippen molar-refractivity contribution in [3.8, 4) is 6.01 Å². The van der Waals surface area contributed by atoms with E-state index in [1.165, 1.54) is 10.9 Å². The second-order valence-corrected chi connectivity index (χ2v) is 8.82. The molecule has 1 aromatic carbocycles. The molecule has 0 radical (unpaired) electrons. The normalized spacial score (nSPS) is 14.9. The van der Waals surface area contributed by atoms with Gasteiger partial charge in [0.1, 0.15) is 5.82 Å². The Bertz CT molecular complexity index is 1180. The molecule has 0 saturated carbocycles. The van der Waals surface area contributed by atoms with E-state index in [1.807, 2.05) is 6.92 Å². The molecule has 13 heteroatoms. The molecule has 1 aliphatic rings. The highest BCUT2D eigenvalue weighted by molar-refractivity contribution is 6.30. The van der Waals surface area contributed by atoms with E-state index in [-0.39, 0.29) is 18.1 Å². The molecule has 0 bridgehead atoms. The maximum absolute atomic E-state index is 14.7. The number of morpholine rings is 1. The molecule has 3 heterocycles. The summed E-state index contributed by atoms with van der Waals surface area (Å²) in [7, 11) is 0. The Balaban J connectivity index is 1.62. The predicted octanol–water partition coefficient (Wildman–Crippen LogP) is 4.61. The summed E-state index contributed by atoms with van der Waals surface area (Å²) < 4.78 is 67.0. The van der Waals surface area contributed by atoms with Gasteiger partial charge in [0, 0.05) is 31.7 Å². The summed E-state index contributed by atoms with van der Waals surface area (Å²) in [6.07, 6.45) is -1.56. The van der Waals surface area contributed by atoms with Gasteiger partial charge in [-0.05, 0) is 18.6 Å². The van der Waals surface area contributed by atoms with Gasteiger partial charge >= 0.3 is 12.2 Å². The average Bonchev–Trinajstić information content (AvgIpc) is 3.25. The van der Waals surface area contributed by atoms with E-state index in [1.54, 1.807) is 0 Å². The lowest BCUT2D eigenvalue weighted by Gasteiger charge is -2.26. The first-order valence-electron chi connectivity index (χ1n) is 11.7. The number of nitrogens with zero attached hydrogens (tertiary/aromatic N) is 5. The summed E-state index contributed by atoms with van der Waals surface area (Å²) in [5, 5.41) is 2.66. The van der Waals surface area contributed by atoms with Crippen LogP contribution in [0, 0.1) is 5.82 Å². The number of hydrogen-bond acceptors (Lipinski definition) is 7. The molecule has 1 fully saturated rings. The lowest BCUT2D eigenvalue weighted by Crippen LogP contribution is -2.39. The molecule has 36 heavy (non-hydrogen) atoms. The van der Waals surface area contributed by atoms with Crippen molar-refractivity contribution in [2.75, 3.05) is 51.3 Å². The number of rotatable bonds is 10. The van der Waals surface area contributed by atoms with E-state index in [0.29, 0.717) is 49.4 Å². The van der Waals surface area contributed by atoms with Gasteiger partial charge in [-0.1, -0.05) is 24.9 Å². The summed E-state index contributed by atoms with van der Waals surface area (Å²) in [6, 6.07) is 1.42. The topological polar surface area (TPSA) is 77.3 Å². The number of fused-ring (bicyclic) bond motifs is 1. The van der Waals surface area contributed by atoms with E-state index in [0.717, 1.165) is 38.5 Å². The second kappa shape index (κ2) is 11.6. The first-order valence-corrected chi connectivity index (χ1v) is 12.1. The van der Waals surface area contributed by atoms with Crippen molar-refractivity contribution in [3.63, 3.8) is 0 Å². The first-order chi connectivity index (χ1) is 17.3. The van der Waals surface area contributed by atoms with Gasteiger partial charge in [0.25, 0.3) is 0 Å². The van der Waals surface area contributed by atoms with E-state index in [4.69, 9.17) is 21.1 Å². The zero-order valence-corrected chi connectivity index (χ0v) is 20.5. The van der Waals surface area contributed by atoms with Gasteiger partial charge in [-0.15, -0.1) is 0 Å². The lowest BCUT2D eigenvalue weighted by atomic mass is 10.1. The third-order valence-corrected chi connectivity index (χ3v) is 6.04. The van der Waals surface area contributed by atoms with Crippen LogP contribution in [0.4, 0.5) is 23.4 Å². The third-order valence-electron chi connectivity index (χ3n) is 5.77. The Kier molecular flexibility index (Phi) is 8.47. The smallest absolute Gasteiger partial charge is 0.416 e. The predicted molar refractivity (Wildman–Crippen MR) is 127 cm³/mol. The molecule has 4 rings (SSSR count). The number of anilines is 1. The van der Waals surface area contributed by atoms with Crippen molar-refractivity contribution in [3.05, 3.63) is 40.4 Å². The van der Waals surface area contributed by atoms with Gasteiger partial charge in [-0.25, -0.2) is 9.37 Å². The van der Waals surface area contributed by atoms with Gasteiger partial charge in [0.05, 0.1) is 43.3 Å². The number of benzene rings is 1. The number of aromatic nitrogens is 4. The number of nitrogens with one attached hydrogen (secondary N) is 1. The molecule has 8 nitrogen and oxygen atoms in total. The highest BCUT2D eigenvalue weighted by Gasteiger charge is 2.32. The van der Waals surface area contributed by atoms with Crippen LogP contribution in [-0.4, -0.2) is 70.4 Å². The van der Waals surface area contributed by atoms with Crippen LogP contribution < -0.4 is 10.1 Å². The molecule has 1 saturated heterocycles. The summed E-state index contributed by atoms with van der Waals surface area (Å²) >= 11 is 5.76.